The molecule has 28 heavy (non-hydrogen) atoms. The van der Waals surface area contributed by atoms with Gasteiger partial charge in [0.25, 0.3) is 0 Å². The van der Waals surface area contributed by atoms with Gasteiger partial charge < -0.3 is 14.2 Å². The highest BCUT2D eigenvalue weighted by Crippen LogP contribution is 2.26. The van der Waals surface area contributed by atoms with Gasteiger partial charge >= 0.3 is 0 Å². The molecule has 0 bridgehead atoms. The van der Waals surface area contributed by atoms with E-state index in [0.29, 0.717) is 17.4 Å². The van der Waals surface area contributed by atoms with Gasteiger partial charge in [-0.1, -0.05) is 42.5 Å². The van der Waals surface area contributed by atoms with Crippen LogP contribution < -0.4 is 14.2 Å². The lowest BCUT2D eigenvalue weighted by Crippen LogP contribution is -2.11. The molecule has 3 rings (SSSR count). The van der Waals surface area contributed by atoms with Crippen LogP contribution in [-0.2, 0) is 0 Å². The number of hydrogen-bond donors (Lipinski definition) is 0. The summed E-state index contributed by atoms with van der Waals surface area (Å²) in [5.41, 5.74) is 2.66. The van der Waals surface area contributed by atoms with Gasteiger partial charge in [0, 0.05) is 5.57 Å². The number of ether oxygens (including phenoxy) is 3. The predicted octanol–water partition coefficient (Wildman–Crippen LogP) is 6.10. The van der Waals surface area contributed by atoms with Gasteiger partial charge in [-0.3, -0.25) is 0 Å². The van der Waals surface area contributed by atoms with Gasteiger partial charge in [0.05, 0.1) is 19.1 Å². The fraction of sp³-hybridized carbons (Fsp3) is 0.125. The molecule has 0 saturated carbocycles. The number of aryl methyl sites for hydroxylation is 1. The molecule has 0 atom stereocenters. The second-order valence-electron chi connectivity index (χ2n) is 6.24. The molecular weight excluding hydrogens is 350 g/mol. The van der Waals surface area contributed by atoms with Gasteiger partial charge in [-0.15, -0.1) is 0 Å². The maximum atomic E-state index is 6.08. The van der Waals surface area contributed by atoms with E-state index in [1.165, 1.54) is 0 Å². The average Bonchev–Trinajstić information content (AvgIpc) is 2.72. The molecule has 0 N–H and O–H groups in total. The first-order valence-corrected chi connectivity index (χ1v) is 9.01. The SMILES string of the molecule is COc1ccccc1O/C=C(C)/C(=N/c1ccccc1)Oc1cccc(C)c1. The monoisotopic (exact) mass is 373 g/mol. The summed E-state index contributed by atoms with van der Waals surface area (Å²) in [7, 11) is 1.61. The third-order valence-corrected chi connectivity index (χ3v) is 3.96. The molecule has 3 aromatic carbocycles. The summed E-state index contributed by atoms with van der Waals surface area (Å²) in [6, 6.07) is 25.0. The molecule has 142 valence electrons. The van der Waals surface area contributed by atoms with Crippen LogP contribution in [0.1, 0.15) is 12.5 Å². The number of rotatable bonds is 6. The fourth-order valence-electron chi connectivity index (χ4n) is 2.52. The van der Waals surface area contributed by atoms with Crippen molar-refractivity contribution in [2.24, 2.45) is 4.99 Å². The molecule has 0 aliphatic rings. The minimum atomic E-state index is 0.465. The number of aliphatic imine (C=N–C) groups is 1. The lowest BCUT2D eigenvalue weighted by atomic mass is 10.2. The van der Waals surface area contributed by atoms with Crippen molar-refractivity contribution in [2.45, 2.75) is 13.8 Å². The van der Waals surface area contributed by atoms with E-state index in [1.807, 2.05) is 92.7 Å². The Labute approximate surface area is 165 Å². The summed E-state index contributed by atoms with van der Waals surface area (Å²) >= 11 is 0. The summed E-state index contributed by atoms with van der Waals surface area (Å²) in [6.07, 6.45) is 1.62. The molecule has 4 heteroatoms. The summed E-state index contributed by atoms with van der Waals surface area (Å²) in [5, 5.41) is 0. The Morgan fingerprint density at radius 1 is 0.857 bits per heavy atom. The van der Waals surface area contributed by atoms with Crippen LogP contribution in [0.3, 0.4) is 0 Å². The van der Waals surface area contributed by atoms with Crippen molar-refractivity contribution in [3.63, 3.8) is 0 Å². The zero-order valence-corrected chi connectivity index (χ0v) is 16.3. The molecule has 0 unspecified atom stereocenters. The van der Waals surface area contributed by atoms with Crippen molar-refractivity contribution >= 4 is 11.6 Å². The highest BCUT2D eigenvalue weighted by molar-refractivity contribution is 5.96. The van der Waals surface area contributed by atoms with Gasteiger partial charge in [-0.25, -0.2) is 4.99 Å². The molecule has 0 saturated heterocycles. The van der Waals surface area contributed by atoms with Crippen LogP contribution in [0.5, 0.6) is 17.2 Å². The van der Waals surface area contributed by atoms with E-state index >= 15 is 0 Å². The van der Waals surface area contributed by atoms with Crippen LogP contribution in [0.25, 0.3) is 0 Å². The summed E-state index contributed by atoms with van der Waals surface area (Å²) < 4.78 is 17.2. The zero-order valence-electron chi connectivity index (χ0n) is 16.3. The number of hydrogen-bond acceptors (Lipinski definition) is 4. The van der Waals surface area contributed by atoms with Crippen LogP contribution in [0.4, 0.5) is 5.69 Å². The molecule has 0 spiro atoms. The first-order chi connectivity index (χ1) is 13.7. The Bertz CT molecular complexity index is 978. The van der Waals surface area contributed by atoms with E-state index in [0.717, 1.165) is 22.6 Å². The molecule has 0 amide bonds. The maximum absolute atomic E-state index is 6.08. The van der Waals surface area contributed by atoms with E-state index in [1.54, 1.807) is 13.4 Å². The van der Waals surface area contributed by atoms with Crippen molar-refractivity contribution in [3.05, 3.63) is 96.3 Å². The molecule has 0 aliphatic heterocycles. The smallest absolute Gasteiger partial charge is 0.225 e. The molecule has 0 fully saturated rings. The summed E-state index contributed by atoms with van der Waals surface area (Å²) in [6.45, 7) is 3.92. The van der Waals surface area contributed by atoms with E-state index in [-0.39, 0.29) is 0 Å². The third-order valence-electron chi connectivity index (χ3n) is 3.96. The largest absolute Gasteiger partial charge is 0.493 e. The first-order valence-electron chi connectivity index (χ1n) is 9.01. The van der Waals surface area contributed by atoms with Crippen LogP contribution in [0.15, 0.2) is 95.7 Å². The highest BCUT2D eigenvalue weighted by Gasteiger charge is 2.09. The van der Waals surface area contributed by atoms with Gasteiger partial charge in [0.1, 0.15) is 5.75 Å². The van der Waals surface area contributed by atoms with Crippen molar-refractivity contribution in [1.29, 1.82) is 0 Å². The third kappa shape index (κ3) is 5.24. The molecule has 4 nitrogen and oxygen atoms in total. The van der Waals surface area contributed by atoms with Crippen LogP contribution >= 0.6 is 0 Å². The van der Waals surface area contributed by atoms with E-state index in [2.05, 4.69) is 4.99 Å². The Kier molecular flexibility index (Phi) is 6.47. The highest BCUT2D eigenvalue weighted by atomic mass is 16.5. The number of methoxy groups -OCH3 is 1. The molecule has 3 aromatic rings. The number of benzene rings is 3. The van der Waals surface area contributed by atoms with Crippen LogP contribution in [0, 0.1) is 6.92 Å². The van der Waals surface area contributed by atoms with Crippen molar-refractivity contribution < 1.29 is 14.2 Å². The van der Waals surface area contributed by atoms with E-state index in [9.17, 15) is 0 Å². The van der Waals surface area contributed by atoms with Gasteiger partial charge in [-0.2, -0.15) is 0 Å². The van der Waals surface area contributed by atoms with E-state index < -0.39 is 0 Å². The minimum Gasteiger partial charge on any atom is -0.493 e. The Morgan fingerprint density at radius 3 is 2.29 bits per heavy atom. The van der Waals surface area contributed by atoms with E-state index in [4.69, 9.17) is 14.2 Å². The van der Waals surface area contributed by atoms with Gasteiger partial charge in [-0.05, 0) is 55.8 Å². The lowest BCUT2D eigenvalue weighted by Gasteiger charge is -2.11. The summed E-state index contributed by atoms with van der Waals surface area (Å²) in [5.74, 6) is 2.47. The summed E-state index contributed by atoms with van der Waals surface area (Å²) in [4.78, 5) is 4.65. The van der Waals surface area contributed by atoms with Crippen molar-refractivity contribution in [1.82, 2.24) is 0 Å². The normalized spacial score (nSPS) is 11.8. The molecule has 0 heterocycles. The second kappa shape index (κ2) is 9.42. The zero-order chi connectivity index (χ0) is 19.8. The second-order valence-corrected chi connectivity index (χ2v) is 6.24. The van der Waals surface area contributed by atoms with Crippen LogP contribution in [0.2, 0.25) is 0 Å². The average molecular weight is 373 g/mol. The molecular formula is C24H23NO3. The quantitative estimate of drug-likeness (QED) is 0.298. The van der Waals surface area contributed by atoms with Gasteiger partial charge in [0.2, 0.25) is 5.90 Å². The predicted molar refractivity (Wildman–Crippen MR) is 113 cm³/mol. The standard InChI is InChI=1S/C24H23NO3/c1-18-10-9-13-21(16-18)28-24(25-20-11-5-4-6-12-20)19(2)17-27-23-15-8-7-14-22(23)26-3/h4-17H,1-3H3/b19-17+,25-24-. The first kappa shape index (κ1) is 19.2. The van der Waals surface area contributed by atoms with Crippen molar-refractivity contribution in [2.75, 3.05) is 7.11 Å². The van der Waals surface area contributed by atoms with Gasteiger partial charge in [0.15, 0.2) is 11.5 Å². The molecule has 0 aromatic heterocycles. The maximum Gasteiger partial charge on any atom is 0.225 e. The van der Waals surface area contributed by atoms with Crippen LogP contribution in [-0.4, -0.2) is 13.0 Å². The van der Waals surface area contributed by atoms with Crippen molar-refractivity contribution in [3.8, 4) is 17.2 Å². The molecule has 0 aliphatic carbocycles. The number of nitrogens with zero attached hydrogens (tertiary/aromatic N) is 1. The Morgan fingerprint density at radius 2 is 1.57 bits per heavy atom. The molecule has 0 radical (unpaired) electrons. The number of para-hydroxylation sites is 3. The minimum absolute atomic E-state index is 0.465. The Balaban J connectivity index is 1.90. The Hall–Kier alpha value is -3.53. The fourth-order valence-corrected chi connectivity index (χ4v) is 2.52. The lowest BCUT2D eigenvalue weighted by molar-refractivity contribution is 0.377. The topological polar surface area (TPSA) is 40.0 Å².